The Morgan fingerprint density at radius 1 is 1.53 bits per heavy atom. The number of carbonyl (C=O) groups is 1. The fraction of sp³-hybridized carbons (Fsp3) is 0.583. The van der Waals surface area contributed by atoms with Crippen molar-refractivity contribution in [2.45, 2.75) is 32.7 Å². The Kier molecular flexibility index (Phi) is 5.44. The molecule has 0 aliphatic carbocycles. The molecule has 1 aromatic heterocycles. The van der Waals surface area contributed by atoms with Gasteiger partial charge in [0, 0.05) is 12.6 Å². The van der Waals surface area contributed by atoms with E-state index >= 15 is 0 Å². The van der Waals surface area contributed by atoms with E-state index in [1.54, 1.807) is 11.0 Å². The second-order valence-corrected chi connectivity index (χ2v) is 4.81. The normalized spacial score (nSPS) is 10.8. The molecule has 0 aliphatic rings. The van der Waals surface area contributed by atoms with E-state index in [2.05, 4.69) is 0 Å². The molecule has 0 saturated heterocycles. The number of hydrogen-bond acceptors (Lipinski definition) is 4. The highest BCUT2D eigenvalue weighted by Crippen LogP contribution is 2.23. The van der Waals surface area contributed by atoms with E-state index in [-0.39, 0.29) is 18.6 Å². The van der Waals surface area contributed by atoms with Gasteiger partial charge in [0.1, 0.15) is 4.88 Å². The van der Waals surface area contributed by atoms with Crippen LogP contribution in [-0.2, 0) is 0 Å². The van der Waals surface area contributed by atoms with Crippen molar-refractivity contribution in [3.05, 3.63) is 16.3 Å². The molecule has 96 valence electrons. The van der Waals surface area contributed by atoms with Crippen molar-refractivity contribution in [1.29, 1.82) is 0 Å². The average Bonchev–Trinajstić information content (AvgIpc) is 2.75. The third kappa shape index (κ3) is 3.20. The molecule has 3 N–H and O–H groups in total. The zero-order chi connectivity index (χ0) is 12.8. The predicted octanol–water partition coefficient (Wildman–Crippen LogP) is 1.95. The van der Waals surface area contributed by atoms with Gasteiger partial charge in [-0.05, 0) is 24.3 Å². The van der Waals surface area contributed by atoms with Gasteiger partial charge in [-0.15, -0.1) is 11.3 Å². The second-order valence-electron chi connectivity index (χ2n) is 3.90. The molecule has 17 heavy (non-hydrogen) atoms. The first-order valence-electron chi connectivity index (χ1n) is 5.90. The quantitative estimate of drug-likeness (QED) is 0.817. The minimum absolute atomic E-state index is 0.0203. The molecule has 0 aromatic carbocycles. The largest absolute Gasteiger partial charge is 0.397 e. The number of carbonyl (C=O) groups excluding carboxylic acids is 1. The minimum atomic E-state index is -0.0692. The highest BCUT2D eigenvalue weighted by Gasteiger charge is 2.24. The standard InChI is InChI=1S/C12H20N2O2S/c1-3-9(4-2)14(6-7-15)12(16)11-10(13)5-8-17-11/h5,8-9,15H,3-4,6-7,13H2,1-2H3. The maximum Gasteiger partial charge on any atom is 0.266 e. The van der Waals surface area contributed by atoms with E-state index in [0.717, 1.165) is 12.8 Å². The van der Waals surface area contributed by atoms with Crippen LogP contribution in [0.3, 0.4) is 0 Å². The number of amides is 1. The number of hydrogen-bond donors (Lipinski definition) is 2. The van der Waals surface area contributed by atoms with Gasteiger partial charge in [0.05, 0.1) is 12.3 Å². The van der Waals surface area contributed by atoms with Crippen LogP contribution in [0.4, 0.5) is 5.69 Å². The lowest BCUT2D eigenvalue weighted by Gasteiger charge is -2.29. The van der Waals surface area contributed by atoms with Gasteiger partial charge in [0.25, 0.3) is 5.91 Å². The number of aliphatic hydroxyl groups excluding tert-OH is 1. The smallest absolute Gasteiger partial charge is 0.266 e. The van der Waals surface area contributed by atoms with Gasteiger partial charge in [-0.2, -0.15) is 0 Å². The third-order valence-electron chi connectivity index (χ3n) is 2.87. The van der Waals surface area contributed by atoms with Crippen molar-refractivity contribution in [3.8, 4) is 0 Å². The fourth-order valence-electron chi connectivity index (χ4n) is 1.91. The maximum absolute atomic E-state index is 12.3. The number of rotatable bonds is 6. The van der Waals surface area contributed by atoms with Crippen LogP contribution in [0.25, 0.3) is 0 Å². The number of nitrogens with zero attached hydrogens (tertiary/aromatic N) is 1. The van der Waals surface area contributed by atoms with Crippen LogP contribution in [0.1, 0.15) is 36.4 Å². The molecule has 1 amide bonds. The second kappa shape index (κ2) is 6.61. The van der Waals surface area contributed by atoms with Crippen LogP contribution in [0.15, 0.2) is 11.4 Å². The molecule has 0 saturated carbocycles. The SMILES string of the molecule is CCC(CC)N(CCO)C(=O)c1sccc1N. The first kappa shape index (κ1) is 14.0. The molecule has 1 rings (SSSR count). The van der Waals surface area contributed by atoms with E-state index in [4.69, 9.17) is 10.8 Å². The Balaban J connectivity index is 2.91. The van der Waals surface area contributed by atoms with Gasteiger partial charge in [0.15, 0.2) is 0 Å². The summed E-state index contributed by atoms with van der Waals surface area (Å²) in [6.07, 6.45) is 1.76. The summed E-state index contributed by atoms with van der Waals surface area (Å²) in [5.74, 6) is -0.0692. The Labute approximate surface area is 106 Å². The zero-order valence-corrected chi connectivity index (χ0v) is 11.2. The summed E-state index contributed by atoms with van der Waals surface area (Å²) >= 11 is 1.35. The molecular formula is C12H20N2O2S. The van der Waals surface area contributed by atoms with Gasteiger partial charge >= 0.3 is 0 Å². The highest BCUT2D eigenvalue weighted by atomic mass is 32.1. The van der Waals surface area contributed by atoms with Crippen molar-refractivity contribution in [2.24, 2.45) is 0 Å². The van der Waals surface area contributed by atoms with E-state index < -0.39 is 0 Å². The summed E-state index contributed by atoms with van der Waals surface area (Å²) in [4.78, 5) is 14.6. The average molecular weight is 256 g/mol. The molecule has 5 heteroatoms. The summed E-state index contributed by atoms with van der Waals surface area (Å²) in [6.45, 7) is 4.43. The van der Waals surface area contributed by atoms with Gasteiger partial charge in [0.2, 0.25) is 0 Å². The van der Waals surface area contributed by atoms with Gasteiger partial charge in [-0.1, -0.05) is 13.8 Å². The molecule has 0 aliphatic heterocycles. The molecule has 0 atom stereocenters. The zero-order valence-electron chi connectivity index (χ0n) is 10.3. The van der Waals surface area contributed by atoms with Crippen molar-refractivity contribution < 1.29 is 9.90 Å². The van der Waals surface area contributed by atoms with Crippen LogP contribution in [0, 0.1) is 0 Å². The first-order valence-corrected chi connectivity index (χ1v) is 6.78. The molecule has 0 unspecified atom stereocenters. The molecule has 0 spiro atoms. The van der Waals surface area contributed by atoms with E-state index in [0.29, 0.717) is 17.1 Å². The first-order chi connectivity index (χ1) is 8.15. The molecule has 0 bridgehead atoms. The third-order valence-corrected chi connectivity index (χ3v) is 3.79. The van der Waals surface area contributed by atoms with Crippen molar-refractivity contribution in [3.63, 3.8) is 0 Å². The maximum atomic E-state index is 12.3. The fourth-order valence-corrected chi connectivity index (χ4v) is 2.68. The Hall–Kier alpha value is -1.07. The minimum Gasteiger partial charge on any atom is -0.397 e. The predicted molar refractivity (Wildman–Crippen MR) is 71.2 cm³/mol. The van der Waals surface area contributed by atoms with Crippen LogP contribution < -0.4 is 5.73 Å². The molecule has 0 fully saturated rings. The number of aliphatic hydroxyl groups is 1. The van der Waals surface area contributed by atoms with Crippen molar-refractivity contribution in [2.75, 3.05) is 18.9 Å². The summed E-state index contributed by atoms with van der Waals surface area (Å²) in [5, 5.41) is 10.9. The molecular weight excluding hydrogens is 236 g/mol. The Morgan fingerprint density at radius 2 is 2.18 bits per heavy atom. The summed E-state index contributed by atoms with van der Waals surface area (Å²) in [6, 6.07) is 1.90. The van der Waals surface area contributed by atoms with E-state index in [1.165, 1.54) is 11.3 Å². The topological polar surface area (TPSA) is 66.6 Å². The summed E-state index contributed by atoms with van der Waals surface area (Å²) in [7, 11) is 0. The van der Waals surface area contributed by atoms with E-state index in [9.17, 15) is 4.79 Å². The molecule has 4 nitrogen and oxygen atoms in total. The van der Waals surface area contributed by atoms with E-state index in [1.807, 2.05) is 19.2 Å². The van der Waals surface area contributed by atoms with Gasteiger partial charge < -0.3 is 15.7 Å². The van der Waals surface area contributed by atoms with Crippen LogP contribution in [-0.4, -0.2) is 35.1 Å². The Morgan fingerprint density at radius 3 is 2.59 bits per heavy atom. The Bertz CT molecular complexity index is 361. The summed E-state index contributed by atoms with van der Waals surface area (Å²) in [5.41, 5.74) is 6.28. The number of nitrogens with two attached hydrogens (primary N) is 1. The number of anilines is 1. The lowest BCUT2D eigenvalue weighted by atomic mass is 10.1. The monoisotopic (exact) mass is 256 g/mol. The van der Waals surface area contributed by atoms with Gasteiger partial charge in [-0.3, -0.25) is 4.79 Å². The van der Waals surface area contributed by atoms with Gasteiger partial charge in [-0.25, -0.2) is 0 Å². The number of nitrogen functional groups attached to an aromatic ring is 1. The van der Waals surface area contributed by atoms with Crippen LogP contribution in [0.2, 0.25) is 0 Å². The molecule has 1 heterocycles. The lowest BCUT2D eigenvalue weighted by molar-refractivity contribution is 0.0628. The highest BCUT2D eigenvalue weighted by molar-refractivity contribution is 7.12. The number of thiophene rings is 1. The van der Waals surface area contributed by atoms with Crippen LogP contribution >= 0.6 is 11.3 Å². The van der Waals surface area contributed by atoms with Crippen molar-refractivity contribution in [1.82, 2.24) is 4.90 Å². The molecule has 1 aromatic rings. The summed E-state index contributed by atoms with van der Waals surface area (Å²) < 4.78 is 0. The van der Waals surface area contributed by atoms with Crippen molar-refractivity contribution >= 4 is 22.9 Å². The lowest BCUT2D eigenvalue weighted by Crippen LogP contribution is -2.41. The van der Waals surface area contributed by atoms with Crippen LogP contribution in [0.5, 0.6) is 0 Å². The molecule has 0 radical (unpaired) electrons.